The van der Waals surface area contributed by atoms with E-state index in [0.29, 0.717) is 0 Å². The fourth-order valence-corrected chi connectivity index (χ4v) is 0.724. The molecule has 0 aliphatic rings. The Morgan fingerprint density at radius 2 is 2.00 bits per heavy atom. The molecule has 0 spiro atoms. The molecule has 2 atom stereocenters. The van der Waals surface area contributed by atoms with Gasteiger partial charge >= 0.3 is 5.97 Å². The first kappa shape index (κ1) is 10.5. The van der Waals surface area contributed by atoms with Crippen molar-refractivity contribution in [1.29, 1.82) is 0 Å². The van der Waals surface area contributed by atoms with Crippen LogP contribution >= 0.6 is 0 Å². The zero-order chi connectivity index (χ0) is 9.23. The average molecular weight is 181 g/mol. The van der Waals surface area contributed by atoms with Gasteiger partial charge in [-0.15, -0.1) is 0 Å². The molecule has 4 N–H and O–H groups in total. The molecule has 0 saturated carbocycles. The number of carboxylic acids is 1. The number of carbonyl (C=O) groups is 1. The van der Waals surface area contributed by atoms with Crippen molar-refractivity contribution >= 4 is 17.0 Å². The molecule has 0 rings (SSSR count). The van der Waals surface area contributed by atoms with Gasteiger partial charge < -0.3 is 15.4 Å². The summed E-state index contributed by atoms with van der Waals surface area (Å²) < 4.78 is 17.8. The summed E-state index contributed by atoms with van der Waals surface area (Å²) in [5, 5.41) is 8.40. The molecule has 0 aliphatic carbocycles. The highest BCUT2D eigenvalue weighted by molar-refractivity contribution is 7.80. The van der Waals surface area contributed by atoms with Crippen molar-refractivity contribution in [3.05, 3.63) is 0 Å². The van der Waals surface area contributed by atoms with Crippen LogP contribution in [-0.2, 0) is 15.9 Å². The minimum atomic E-state index is -2.23. The van der Waals surface area contributed by atoms with Crippen LogP contribution in [0.25, 0.3) is 0 Å². The van der Waals surface area contributed by atoms with Crippen LogP contribution in [0.1, 0.15) is 13.8 Å². The predicted octanol–water partition coefficient (Wildman–Crippen LogP) is -0.601. The molecular weight excluding hydrogens is 170 g/mol. The maximum atomic E-state index is 10.5. The molecule has 0 saturated heterocycles. The Hall–Kier alpha value is -0.460. The Morgan fingerprint density at radius 1 is 1.64 bits per heavy atom. The van der Waals surface area contributed by atoms with Gasteiger partial charge in [0.25, 0.3) is 0 Å². The quantitative estimate of drug-likeness (QED) is 0.505. The zero-order valence-electron chi connectivity index (χ0n) is 6.27. The molecule has 0 heterocycles. The first-order valence-corrected chi connectivity index (χ1v) is 4.00. The summed E-state index contributed by atoms with van der Waals surface area (Å²) in [6, 6.07) is -1.33. The molecular formula is C5H11NO4S. The molecule has 5 nitrogen and oxygen atoms in total. The Bertz CT molecular complexity index is 191. The molecule has 0 aromatic carbocycles. The minimum absolute atomic E-state index is 1.28. The van der Waals surface area contributed by atoms with Gasteiger partial charge in [-0.2, -0.15) is 0 Å². The molecule has 0 fully saturated rings. The van der Waals surface area contributed by atoms with E-state index in [9.17, 15) is 9.00 Å². The molecule has 0 aliphatic heterocycles. The van der Waals surface area contributed by atoms with Gasteiger partial charge in [-0.05, 0) is 13.8 Å². The van der Waals surface area contributed by atoms with Gasteiger partial charge in [0, 0.05) is 0 Å². The van der Waals surface area contributed by atoms with E-state index in [1.807, 2.05) is 0 Å². The Balaban J connectivity index is 4.55. The van der Waals surface area contributed by atoms with Gasteiger partial charge in [-0.25, -0.2) is 4.21 Å². The van der Waals surface area contributed by atoms with Crippen molar-refractivity contribution < 1.29 is 18.7 Å². The van der Waals surface area contributed by atoms with Crippen LogP contribution < -0.4 is 5.73 Å². The van der Waals surface area contributed by atoms with E-state index >= 15 is 0 Å². The van der Waals surface area contributed by atoms with Gasteiger partial charge in [0.15, 0.2) is 11.1 Å². The van der Waals surface area contributed by atoms with Gasteiger partial charge in [0.1, 0.15) is 6.04 Å². The van der Waals surface area contributed by atoms with Crippen molar-refractivity contribution in [2.75, 3.05) is 0 Å². The molecule has 0 aromatic heterocycles. The number of hydrogen-bond donors (Lipinski definition) is 3. The lowest BCUT2D eigenvalue weighted by atomic mass is 10.1. The van der Waals surface area contributed by atoms with Gasteiger partial charge in [-0.3, -0.25) is 4.79 Å². The number of rotatable bonds is 3. The van der Waals surface area contributed by atoms with E-state index in [0.717, 1.165) is 0 Å². The SMILES string of the molecule is CC(C)(C(N)C(=O)O)S(=O)O. The normalized spacial score (nSPS) is 17.5. The largest absolute Gasteiger partial charge is 0.480 e. The van der Waals surface area contributed by atoms with Crippen molar-refractivity contribution in [3.8, 4) is 0 Å². The van der Waals surface area contributed by atoms with Crippen LogP contribution in [0.3, 0.4) is 0 Å². The summed E-state index contributed by atoms with van der Waals surface area (Å²) in [5.74, 6) is -1.28. The average Bonchev–Trinajstić information content (AvgIpc) is 1.85. The van der Waals surface area contributed by atoms with Gasteiger partial charge in [0.2, 0.25) is 0 Å². The predicted molar refractivity (Wildman–Crippen MR) is 40.5 cm³/mol. The number of hydrogen-bond acceptors (Lipinski definition) is 3. The van der Waals surface area contributed by atoms with Crippen molar-refractivity contribution in [1.82, 2.24) is 0 Å². The van der Waals surface area contributed by atoms with Crippen LogP contribution in [0.4, 0.5) is 0 Å². The Labute approximate surface area is 66.9 Å². The van der Waals surface area contributed by atoms with Crippen molar-refractivity contribution in [2.24, 2.45) is 5.73 Å². The highest BCUT2D eigenvalue weighted by atomic mass is 32.2. The van der Waals surface area contributed by atoms with Crippen LogP contribution in [0.5, 0.6) is 0 Å². The van der Waals surface area contributed by atoms with E-state index in [-0.39, 0.29) is 0 Å². The third-order valence-electron chi connectivity index (χ3n) is 1.47. The zero-order valence-corrected chi connectivity index (χ0v) is 7.09. The van der Waals surface area contributed by atoms with E-state index in [4.69, 9.17) is 15.4 Å². The molecule has 6 heteroatoms. The maximum Gasteiger partial charge on any atom is 0.322 e. The first-order valence-electron chi connectivity index (χ1n) is 2.89. The lowest BCUT2D eigenvalue weighted by molar-refractivity contribution is -0.139. The monoisotopic (exact) mass is 181 g/mol. The summed E-state index contributed by atoms with van der Waals surface area (Å²) in [5.41, 5.74) is 5.14. The maximum absolute atomic E-state index is 10.5. The van der Waals surface area contributed by atoms with E-state index in [2.05, 4.69) is 0 Å². The second-order valence-corrected chi connectivity index (χ2v) is 4.22. The van der Waals surface area contributed by atoms with Crippen LogP contribution in [0, 0.1) is 0 Å². The molecule has 0 amide bonds. The van der Waals surface area contributed by atoms with E-state index in [1.165, 1.54) is 13.8 Å². The third-order valence-corrected chi connectivity index (χ3v) is 2.62. The summed E-state index contributed by atoms with van der Waals surface area (Å²) in [7, 11) is 0. The lowest BCUT2D eigenvalue weighted by Crippen LogP contribution is -2.51. The summed E-state index contributed by atoms with van der Waals surface area (Å²) >= 11 is -2.23. The van der Waals surface area contributed by atoms with Crippen LogP contribution in [-0.4, -0.2) is 30.6 Å². The molecule has 2 unspecified atom stereocenters. The van der Waals surface area contributed by atoms with E-state index < -0.39 is 27.8 Å². The van der Waals surface area contributed by atoms with Gasteiger partial charge in [-0.1, -0.05) is 0 Å². The summed E-state index contributed by atoms with van der Waals surface area (Å²) in [6.45, 7) is 2.64. The van der Waals surface area contributed by atoms with Crippen molar-refractivity contribution in [2.45, 2.75) is 24.6 Å². The van der Waals surface area contributed by atoms with Crippen LogP contribution in [0.15, 0.2) is 0 Å². The number of nitrogens with two attached hydrogens (primary N) is 1. The fraction of sp³-hybridized carbons (Fsp3) is 0.800. The fourth-order valence-electron chi connectivity index (χ4n) is 0.406. The number of aliphatic carboxylic acids is 1. The molecule has 0 aromatic rings. The minimum Gasteiger partial charge on any atom is -0.480 e. The second kappa shape index (κ2) is 3.29. The second-order valence-electron chi connectivity index (χ2n) is 2.67. The van der Waals surface area contributed by atoms with Gasteiger partial charge in [0.05, 0.1) is 4.75 Å². The highest BCUT2D eigenvalue weighted by Gasteiger charge is 2.37. The lowest BCUT2D eigenvalue weighted by Gasteiger charge is -2.23. The molecule has 11 heavy (non-hydrogen) atoms. The summed E-state index contributed by atoms with van der Waals surface area (Å²) in [4.78, 5) is 10.3. The van der Waals surface area contributed by atoms with E-state index in [1.54, 1.807) is 0 Å². The molecule has 0 bridgehead atoms. The third kappa shape index (κ3) is 2.25. The summed E-state index contributed by atoms with van der Waals surface area (Å²) in [6.07, 6.45) is 0. The highest BCUT2D eigenvalue weighted by Crippen LogP contribution is 2.14. The number of carboxylic acid groups (broad SMARTS) is 1. The standard InChI is InChI=1S/C5H11NO4S/c1-5(2,11(9)10)3(6)4(7)8/h3H,6H2,1-2H3,(H,7,8)(H,9,10). The van der Waals surface area contributed by atoms with Crippen LogP contribution in [0.2, 0.25) is 0 Å². The first-order chi connectivity index (χ1) is 4.80. The molecule has 66 valence electrons. The molecule has 0 radical (unpaired) electrons. The van der Waals surface area contributed by atoms with Crippen molar-refractivity contribution in [3.63, 3.8) is 0 Å². The smallest absolute Gasteiger partial charge is 0.322 e. The Kier molecular flexibility index (Phi) is 3.15. The topological polar surface area (TPSA) is 101 Å². The Morgan fingerprint density at radius 3 is 2.09 bits per heavy atom.